The Bertz CT molecular complexity index is 913. The highest BCUT2D eigenvalue weighted by molar-refractivity contribution is 6.37. The van der Waals surface area contributed by atoms with Gasteiger partial charge in [0, 0.05) is 11.2 Å². The molecule has 0 aromatic heterocycles. The molecule has 0 aliphatic heterocycles. The molecule has 3 aromatic carbocycles. The monoisotopic (exact) mass is 403 g/mol. The van der Waals surface area contributed by atoms with Crippen LogP contribution in [0.4, 0.5) is 5.69 Å². The average Bonchev–Trinajstić information content (AvgIpc) is 2.60. The van der Waals surface area contributed by atoms with Crippen molar-refractivity contribution in [2.45, 2.75) is 13.5 Å². The van der Waals surface area contributed by atoms with E-state index >= 15 is 0 Å². The molecule has 0 atom stereocenters. The molecule has 5 heteroatoms. The van der Waals surface area contributed by atoms with Gasteiger partial charge in [0.05, 0.1) is 15.7 Å². The van der Waals surface area contributed by atoms with Gasteiger partial charge in [-0.2, -0.15) is 0 Å². The second kappa shape index (κ2) is 8.59. The van der Waals surface area contributed by atoms with E-state index in [0.717, 1.165) is 16.8 Å². The number of nitrogens with zero attached hydrogens (tertiary/aromatic N) is 1. The first-order valence-corrected chi connectivity index (χ1v) is 9.12. The summed E-state index contributed by atoms with van der Waals surface area (Å²) in [7, 11) is 0. The molecule has 3 rings (SSSR count). The Labute approximate surface area is 168 Å². The predicted octanol–water partition coefficient (Wildman–Crippen LogP) is 7.28. The van der Waals surface area contributed by atoms with Crippen LogP contribution in [0.15, 0.2) is 65.7 Å². The number of aryl methyl sites for hydroxylation is 1. The fraction of sp³-hybridized carbons (Fsp3) is 0.0952. The zero-order valence-corrected chi connectivity index (χ0v) is 16.3. The van der Waals surface area contributed by atoms with E-state index in [1.165, 1.54) is 5.56 Å². The van der Waals surface area contributed by atoms with Gasteiger partial charge in [0.2, 0.25) is 0 Å². The summed E-state index contributed by atoms with van der Waals surface area (Å²) < 4.78 is 5.77. The highest BCUT2D eigenvalue weighted by atomic mass is 35.5. The molecule has 132 valence electrons. The molecular formula is C21H16Cl3NO. The second-order valence-electron chi connectivity index (χ2n) is 5.83. The van der Waals surface area contributed by atoms with Crippen molar-refractivity contribution >= 4 is 46.7 Å². The molecule has 0 fully saturated rings. The first-order valence-electron chi connectivity index (χ1n) is 7.98. The van der Waals surface area contributed by atoms with Crippen LogP contribution in [0.1, 0.15) is 16.7 Å². The number of ether oxygens (including phenoxy) is 1. The normalized spacial score (nSPS) is 11.1. The molecule has 0 heterocycles. The lowest BCUT2D eigenvalue weighted by molar-refractivity contribution is 0.306. The largest absolute Gasteiger partial charge is 0.486 e. The number of halogens is 3. The third kappa shape index (κ3) is 5.01. The van der Waals surface area contributed by atoms with E-state index in [9.17, 15) is 0 Å². The quantitative estimate of drug-likeness (QED) is 0.409. The highest BCUT2D eigenvalue weighted by Crippen LogP contribution is 2.34. The van der Waals surface area contributed by atoms with Crippen LogP contribution in [0.25, 0.3) is 0 Å². The molecule has 0 amide bonds. The van der Waals surface area contributed by atoms with Gasteiger partial charge in [0.15, 0.2) is 5.75 Å². The molecule has 0 bridgehead atoms. The number of aliphatic imine (C=N–C) groups is 1. The number of benzene rings is 3. The van der Waals surface area contributed by atoms with Crippen LogP contribution in [-0.4, -0.2) is 6.21 Å². The van der Waals surface area contributed by atoms with E-state index in [1.54, 1.807) is 18.3 Å². The molecule has 3 aromatic rings. The van der Waals surface area contributed by atoms with Crippen molar-refractivity contribution in [1.82, 2.24) is 0 Å². The van der Waals surface area contributed by atoms with Crippen LogP contribution in [0.2, 0.25) is 15.1 Å². The van der Waals surface area contributed by atoms with Crippen molar-refractivity contribution in [3.8, 4) is 5.75 Å². The summed E-state index contributed by atoms with van der Waals surface area (Å²) in [6, 6.07) is 18.9. The first kappa shape index (κ1) is 18.8. The summed E-state index contributed by atoms with van der Waals surface area (Å²) in [6.45, 7) is 2.37. The van der Waals surface area contributed by atoms with Gasteiger partial charge in [-0.05, 0) is 54.4 Å². The standard InChI is InChI=1S/C21H16Cl3NO/c1-14-5-7-18(8-6-14)25-12-16-10-19(23)21(20(24)11-16)26-13-15-3-2-4-17(22)9-15/h2-12H,13H2,1H3. The lowest BCUT2D eigenvalue weighted by Crippen LogP contribution is -1.97. The second-order valence-corrected chi connectivity index (χ2v) is 7.08. The molecule has 0 aliphatic rings. The van der Waals surface area contributed by atoms with Crippen LogP contribution < -0.4 is 4.74 Å². The number of rotatable bonds is 5. The summed E-state index contributed by atoms with van der Waals surface area (Å²) in [4.78, 5) is 4.43. The van der Waals surface area contributed by atoms with Crippen molar-refractivity contribution in [2.75, 3.05) is 0 Å². The van der Waals surface area contributed by atoms with Gasteiger partial charge < -0.3 is 4.74 Å². The van der Waals surface area contributed by atoms with Crippen molar-refractivity contribution in [3.63, 3.8) is 0 Å². The minimum Gasteiger partial charge on any atom is -0.486 e. The van der Waals surface area contributed by atoms with Crippen molar-refractivity contribution in [1.29, 1.82) is 0 Å². The molecular weight excluding hydrogens is 389 g/mol. The smallest absolute Gasteiger partial charge is 0.157 e. The summed E-state index contributed by atoms with van der Waals surface area (Å²) in [5.74, 6) is 0.445. The van der Waals surface area contributed by atoms with Gasteiger partial charge in [-0.25, -0.2) is 0 Å². The van der Waals surface area contributed by atoms with Gasteiger partial charge in [0.1, 0.15) is 6.61 Å². The Kier molecular flexibility index (Phi) is 6.20. The van der Waals surface area contributed by atoms with Gasteiger partial charge in [-0.1, -0.05) is 64.6 Å². The van der Waals surface area contributed by atoms with Crippen LogP contribution in [0.5, 0.6) is 5.75 Å². The van der Waals surface area contributed by atoms with E-state index in [4.69, 9.17) is 39.5 Å². The molecule has 2 nitrogen and oxygen atoms in total. The molecule has 0 saturated heterocycles. The van der Waals surface area contributed by atoms with Gasteiger partial charge in [-0.3, -0.25) is 4.99 Å². The maximum absolute atomic E-state index is 6.34. The topological polar surface area (TPSA) is 21.6 Å². The Morgan fingerprint density at radius 2 is 1.62 bits per heavy atom. The highest BCUT2D eigenvalue weighted by Gasteiger charge is 2.10. The maximum Gasteiger partial charge on any atom is 0.157 e. The van der Waals surface area contributed by atoms with E-state index < -0.39 is 0 Å². The van der Waals surface area contributed by atoms with E-state index in [2.05, 4.69) is 4.99 Å². The third-order valence-electron chi connectivity index (χ3n) is 3.69. The lowest BCUT2D eigenvalue weighted by atomic mass is 10.2. The van der Waals surface area contributed by atoms with Gasteiger partial charge >= 0.3 is 0 Å². The summed E-state index contributed by atoms with van der Waals surface area (Å²) in [5.41, 5.74) is 3.80. The molecule has 0 N–H and O–H groups in total. The minimum atomic E-state index is 0.330. The SMILES string of the molecule is Cc1ccc(N=Cc2cc(Cl)c(OCc3cccc(Cl)c3)c(Cl)c2)cc1. The Morgan fingerprint density at radius 1 is 0.923 bits per heavy atom. The van der Waals surface area contributed by atoms with Crippen molar-refractivity contribution in [2.24, 2.45) is 4.99 Å². The fourth-order valence-corrected chi connectivity index (χ4v) is 3.18. The van der Waals surface area contributed by atoms with Gasteiger partial charge in [0.25, 0.3) is 0 Å². The lowest BCUT2D eigenvalue weighted by Gasteiger charge is -2.11. The first-order chi connectivity index (χ1) is 12.5. The number of hydrogen-bond acceptors (Lipinski definition) is 2. The fourth-order valence-electron chi connectivity index (χ4n) is 2.35. The number of hydrogen-bond donors (Lipinski definition) is 0. The Hall–Kier alpha value is -2.00. The van der Waals surface area contributed by atoms with Crippen molar-refractivity contribution in [3.05, 3.63) is 92.4 Å². The van der Waals surface area contributed by atoms with E-state index in [-0.39, 0.29) is 0 Å². The average molecular weight is 405 g/mol. The zero-order chi connectivity index (χ0) is 18.5. The van der Waals surface area contributed by atoms with Crippen LogP contribution in [-0.2, 0) is 6.61 Å². The third-order valence-corrected chi connectivity index (χ3v) is 4.49. The molecule has 0 radical (unpaired) electrons. The summed E-state index contributed by atoms with van der Waals surface area (Å²) in [6.07, 6.45) is 1.73. The Morgan fingerprint density at radius 3 is 2.27 bits per heavy atom. The minimum absolute atomic E-state index is 0.330. The predicted molar refractivity (Wildman–Crippen MR) is 111 cm³/mol. The molecule has 0 aliphatic carbocycles. The molecule has 0 unspecified atom stereocenters. The van der Waals surface area contributed by atoms with E-state index in [1.807, 2.05) is 55.5 Å². The van der Waals surface area contributed by atoms with E-state index in [0.29, 0.717) is 27.4 Å². The molecule has 0 spiro atoms. The van der Waals surface area contributed by atoms with Gasteiger partial charge in [-0.15, -0.1) is 0 Å². The van der Waals surface area contributed by atoms with Crippen LogP contribution in [0, 0.1) is 6.92 Å². The molecule has 0 saturated carbocycles. The van der Waals surface area contributed by atoms with Crippen LogP contribution >= 0.6 is 34.8 Å². The Balaban J connectivity index is 1.74. The summed E-state index contributed by atoms with van der Waals surface area (Å²) in [5, 5.41) is 1.53. The zero-order valence-electron chi connectivity index (χ0n) is 14.0. The molecule has 26 heavy (non-hydrogen) atoms. The summed E-state index contributed by atoms with van der Waals surface area (Å²) >= 11 is 18.7. The maximum atomic E-state index is 6.34. The van der Waals surface area contributed by atoms with Crippen molar-refractivity contribution < 1.29 is 4.74 Å². The van der Waals surface area contributed by atoms with Crippen LogP contribution in [0.3, 0.4) is 0 Å².